The van der Waals surface area contributed by atoms with E-state index in [1.807, 2.05) is 6.07 Å². The second-order valence-electron chi connectivity index (χ2n) is 5.57. The van der Waals surface area contributed by atoms with Crippen LogP contribution in [0.5, 0.6) is 0 Å². The summed E-state index contributed by atoms with van der Waals surface area (Å²) in [7, 11) is -1.23. The Morgan fingerprint density at radius 1 is 1.39 bits per heavy atom. The van der Waals surface area contributed by atoms with Crippen molar-refractivity contribution in [2.24, 2.45) is 0 Å². The number of H-pyrrole nitrogens is 1. The molecule has 0 aliphatic rings. The number of rotatable bonds is 5. The third kappa shape index (κ3) is 3.33. The average Bonchev–Trinajstić information content (AvgIpc) is 2.75. The number of nitrogens with one attached hydrogen (secondary N) is 1. The Morgan fingerprint density at radius 2 is 2.17 bits per heavy atom. The molecule has 0 radical (unpaired) electrons. The van der Waals surface area contributed by atoms with Gasteiger partial charge in [-0.15, -0.1) is 0 Å². The van der Waals surface area contributed by atoms with Gasteiger partial charge in [0, 0.05) is 4.43 Å². The minimum atomic E-state index is -1.23. The summed E-state index contributed by atoms with van der Waals surface area (Å²) < 4.78 is 7.16. The number of aromatic amines is 1. The van der Waals surface area contributed by atoms with Gasteiger partial charge in [-0.05, 0) is 17.7 Å². The first-order valence-corrected chi connectivity index (χ1v) is 11.2. The van der Waals surface area contributed by atoms with Gasteiger partial charge in [0.25, 0.3) is 0 Å². The molecule has 2 rings (SSSR count). The molecule has 0 saturated carbocycles. The van der Waals surface area contributed by atoms with Crippen LogP contribution in [-0.2, 0) is 11.3 Å². The molecule has 2 aromatic rings. The Balaban J connectivity index is 2.05. The quantitative estimate of drug-likeness (QED) is 0.492. The van der Waals surface area contributed by atoms with E-state index in [1.165, 1.54) is 5.56 Å². The highest BCUT2D eigenvalue weighted by Crippen LogP contribution is 2.18. The first-order chi connectivity index (χ1) is 8.50. The summed E-state index contributed by atoms with van der Waals surface area (Å²) in [5, 5.41) is 0. The third-order valence-corrected chi connectivity index (χ3v) is 6.98. The average molecular weight is 374 g/mol. The number of imidazole rings is 1. The fourth-order valence-corrected chi connectivity index (χ4v) is 7.06. The Morgan fingerprint density at radius 3 is 2.83 bits per heavy atom. The molecule has 18 heavy (non-hydrogen) atoms. The molecule has 0 aliphatic heterocycles. The number of ether oxygens (including phenoxy) is 1. The summed E-state index contributed by atoms with van der Waals surface area (Å²) in [4.78, 5) is 7.35. The Kier molecular flexibility index (Phi) is 4.44. The minimum Gasteiger partial charge on any atom is -0.376 e. The Hall–Kier alpha value is -0.403. The van der Waals surface area contributed by atoms with Gasteiger partial charge in [-0.3, -0.25) is 0 Å². The summed E-state index contributed by atoms with van der Waals surface area (Å²) >= 11 is 2.42. The molecule has 1 unspecified atom stereocenters. The lowest BCUT2D eigenvalue weighted by molar-refractivity contribution is 0.102. The predicted molar refractivity (Wildman–Crippen MR) is 86.9 cm³/mol. The highest BCUT2D eigenvalue weighted by atomic mass is 127. The van der Waals surface area contributed by atoms with Crippen molar-refractivity contribution < 1.29 is 4.74 Å². The second kappa shape index (κ2) is 5.71. The van der Waals surface area contributed by atoms with Crippen LogP contribution < -0.4 is 0 Å². The lowest BCUT2D eigenvalue weighted by Gasteiger charge is -2.27. The normalized spacial score (nSPS) is 14.0. The van der Waals surface area contributed by atoms with Crippen LogP contribution in [0.15, 0.2) is 24.5 Å². The molecule has 1 N–H and O–H groups in total. The van der Waals surface area contributed by atoms with Gasteiger partial charge < -0.3 is 9.72 Å². The molecule has 0 bridgehead atoms. The van der Waals surface area contributed by atoms with Gasteiger partial charge in [0.05, 0.1) is 37.8 Å². The summed E-state index contributed by atoms with van der Waals surface area (Å²) in [6, 6.07) is 6.26. The number of alkyl halides is 1. The highest BCUT2D eigenvalue weighted by Gasteiger charge is 2.26. The van der Waals surface area contributed by atoms with Crippen LogP contribution in [0.4, 0.5) is 0 Å². The Labute approximate surface area is 122 Å². The van der Waals surface area contributed by atoms with Crippen LogP contribution in [-0.4, -0.2) is 28.2 Å². The van der Waals surface area contributed by atoms with Gasteiger partial charge in [0.2, 0.25) is 0 Å². The lowest BCUT2D eigenvalue weighted by atomic mass is 10.2. The fraction of sp³-hybridized carbons (Fsp3) is 0.462. The van der Waals surface area contributed by atoms with Gasteiger partial charge in [0.1, 0.15) is 0 Å². The molecule has 1 aromatic heterocycles. The van der Waals surface area contributed by atoms with E-state index in [4.69, 9.17) is 4.74 Å². The van der Waals surface area contributed by atoms with E-state index in [0.717, 1.165) is 15.5 Å². The zero-order valence-electron chi connectivity index (χ0n) is 11.0. The molecule has 1 aromatic carbocycles. The molecule has 0 aliphatic carbocycles. The fourth-order valence-electron chi connectivity index (χ4n) is 1.80. The zero-order valence-corrected chi connectivity index (χ0v) is 14.2. The summed E-state index contributed by atoms with van der Waals surface area (Å²) in [5.74, 6) is 0. The number of fused-ring (bicyclic) bond motifs is 1. The van der Waals surface area contributed by atoms with Gasteiger partial charge in [-0.2, -0.15) is 0 Å². The minimum absolute atomic E-state index is 0.413. The summed E-state index contributed by atoms with van der Waals surface area (Å²) in [6.07, 6.45) is 1.73. The monoisotopic (exact) mass is 374 g/mol. The van der Waals surface area contributed by atoms with Crippen molar-refractivity contribution >= 4 is 41.7 Å². The van der Waals surface area contributed by atoms with Crippen molar-refractivity contribution in [1.29, 1.82) is 0 Å². The second-order valence-corrected chi connectivity index (χ2v) is 11.8. The Bertz CT molecular complexity index is 521. The maximum atomic E-state index is 6.09. The first kappa shape index (κ1) is 14.0. The van der Waals surface area contributed by atoms with Gasteiger partial charge in [-0.1, -0.05) is 48.3 Å². The molecule has 0 saturated heterocycles. The SMILES string of the molecule is C[Si](C)(C)C(CI)OCc1ccc2nc[nH]c2c1. The number of halogens is 1. The molecule has 3 nitrogen and oxygen atoms in total. The molecule has 0 fully saturated rings. The molecule has 98 valence electrons. The van der Waals surface area contributed by atoms with Crippen LogP contribution in [0.1, 0.15) is 5.56 Å². The number of aromatic nitrogens is 2. The molecule has 1 atom stereocenters. The van der Waals surface area contributed by atoms with E-state index in [9.17, 15) is 0 Å². The number of benzene rings is 1. The van der Waals surface area contributed by atoms with Crippen molar-refractivity contribution in [3.63, 3.8) is 0 Å². The van der Waals surface area contributed by atoms with E-state index in [-0.39, 0.29) is 0 Å². The maximum Gasteiger partial charge on any atom is 0.0931 e. The number of hydrogen-bond acceptors (Lipinski definition) is 2. The first-order valence-electron chi connectivity index (χ1n) is 6.10. The molecular formula is C13H19IN2OSi. The van der Waals surface area contributed by atoms with Crippen LogP contribution in [0.3, 0.4) is 0 Å². The molecule has 1 heterocycles. The van der Waals surface area contributed by atoms with Crippen LogP contribution in [0.25, 0.3) is 11.0 Å². The molecular weight excluding hydrogens is 355 g/mol. The van der Waals surface area contributed by atoms with Gasteiger partial charge >= 0.3 is 0 Å². The zero-order chi connectivity index (χ0) is 13.2. The summed E-state index contributed by atoms with van der Waals surface area (Å²) in [6.45, 7) is 7.75. The van der Waals surface area contributed by atoms with E-state index >= 15 is 0 Å². The smallest absolute Gasteiger partial charge is 0.0931 e. The summed E-state index contributed by atoms with van der Waals surface area (Å²) in [5.41, 5.74) is 3.71. The third-order valence-electron chi connectivity index (χ3n) is 3.04. The predicted octanol–water partition coefficient (Wildman–Crippen LogP) is 3.76. The van der Waals surface area contributed by atoms with Crippen LogP contribution in [0, 0.1) is 0 Å². The largest absolute Gasteiger partial charge is 0.376 e. The number of nitrogens with zero attached hydrogens (tertiary/aromatic N) is 1. The highest BCUT2D eigenvalue weighted by molar-refractivity contribution is 14.1. The van der Waals surface area contributed by atoms with Crippen LogP contribution in [0.2, 0.25) is 19.6 Å². The van der Waals surface area contributed by atoms with Crippen molar-refractivity contribution in [2.45, 2.75) is 32.0 Å². The standard InChI is InChI=1S/C13H19IN2OSi/c1-18(2,3)13(7-14)17-8-10-4-5-11-12(6-10)16-9-15-11/h4-6,9,13H,7-8H2,1-3H3,(H,15,16). The lowest BCUT2D eigenvalue weighted by Crippen LogP contribution is -2.41. The number of hydrogen-bond donors (Lipinski definition) is 1. The molecule has 0 spiro atoms. The van der Waals surface area contributed by atoms with Crippen molar-refractivity contribution in [3.05, 3.63) is 30.1 Å². The van der Waals surface area contributed by atoms with Gasteiger partial charge in [0.15, 0.2) is 0 Å². The molecule has 5 heteroatoms. The van der Waals surface area contributed by atoms with Crippen molar-refractivity contribution in [2.75, 3.05) is 4.43 Å². The van der Waals surface area contributed by atoms with Crippen molar-refractivity contribution in [1.82, 2.24) is 9.97 Å². The van der Waals surface area contributed by atoms with Crippen LogP contribution >= 0.6 is 22.6 Å². The maximum absolute atomic E-state index is 6.09. The van der Waals surface area contributed by atoms with E-state index in [1.54, 1.807) is 6.33 Å². The van der Waals surface area contributed by atoms with Gasteiger partial charge in [-0.25, -0.2) is 4.98 Å². The van der Waals surface area contributed by atoms with Crippen molar-refractivity contribution in [3.8, 4) is 0 Å². The van der Waals surface area contributed by atoms with E-state index < -0.39 is 8.07 Å². The topological polar surface area (TPSA) is 37.9 Å². The van der Waals surface area contributed by atoms with E-state index in [0.29, 0.717) is 12.3 Å². The van der Waals surface area contributed by atoms with E-state index in [2.05, 4.69) is 64.3 Å². The molecule has 0 amide bonds.